The molecule has 0 radical (unpaired) electrons. The van der Waals surface area contributed by atoms with Gasteiger partial charge in [0.1, 0.15) is 12.2 Å². The van der Waals surface area contributed by atoms with Gasteiger partial charge in [-0.3, -0.25) is 9.59 Å². The molecule has 158 valence electrons. The number of carbonyl (C=O) groups is 1. The Morgan fingerprint density at radius 3 is 2.22 bits per heavy atom. The Hall–Kier alpha value is -4.19. The van der Waals surface area contributed by atoms with Crippen LogP contribution in [-0.4, -0.2) is 20.3 Å². The Labute approximate surface area is 184 Å². The van der Waals surface area contributed by atoms with Gasteiger partial charge in [0.15, 0.2) is 0 Å². The zero-order chi connectivity index (χ0) is 22.2. The van der Waals surface area contributed by atoms with E-state index in [1.807, 2.05) is 90.4 Å². The van der Waals surface area contributed by atoms with Gasteiger partial charge in [-0.2, -0.15) is 5.10 Å². The average Bonchev–Trinajstić information content (AvgIpc) is 3.07. The summed E-state index contributed by atoms with van der Waals surface area (Å²) >= 11 is 0. The summed E-state index contributed by atoms with van der Waals surface area (Å²) in [5.41, 5.74) is 9.80. The molecule has 0 aliphatic heterocycles. The number of benzene rings is 3. The van der Waals surface area contributed by atoms with Crippen LogP contribution in [0, 0.1) is 6.92 Å². The summed E-state index contributed by atoms with van der Waals surface area (Å²) in [5, 5.41) is 7.21. The maximum Gasteiger partial charge on any atom is 0.274 e. The summed E-state index contributed by atoms with van der Waals surface area (Å²) in [7, 11) is 0. The summed E-state index contributed by atoms with van der Waals surface area (Å²) in [6.45, 7) is 2.41. The van der Waals surface area contributed by atoms with E-state index in [9.17, 15) is 9.59 Å². The number of amides is 1. The van der Waals surface area contributed by atoms with Crippen LogP contribution < -0.4 is 11.3 Å². The predicted octanol–water partition coefficient (Wildman–Crippen LogP) is 3.86. The SMILES string of the molecule is Cc1c(-c2nn(Cc3ccccc3)c(=O)c3ccccc23)c2ccccc2n1CC(N)=O. The van der Waals surface area contributed by atoms with Crippen LogP contribution in [0.1, 0.15) is 11.3 Å². The maximum absolute atomic E-state index is 13.2. The number of hydrogen-bond acceptors (Lipinski definition) is 3. The number of rotatable bonds is 5. The van der Waals surface area contributed by atoms with Gasteiger partial charge < -0.3 is 10.3 Å². The van der Waals surface area contributed by atoms with Gasteiger partial charge in [0.2, 0.25) is 5.91 Å². The monoisotopic (exact) mass is 422 g/mol. The topological polar surface area (TPSA) is 82.9 Å². The van der Waals surface area contributed by atoms with Crippen LogP contribution >= 0.6 is 0 Å². The van der Waals surface area contributed by atoms with Crippen LogP contribution in [0.15, 0.2) is 83.7 Å². The highest BCUT2D eigenvalue weighted by Crippen LogP contribution is 2.36. The molecule has 6 heteroatoms. The molecular formula is C26H22N4O2. The highest BCUT2D eigenvalue weighted by atomic mass is 16.1. The molecule has 5 rings (SSSR count). The van der Waals surface area contributed by atoms with E-state index in [0.29, 0.717) is 17.6 Å². The third kappa shape index (κ3) is 3.26. The maximum atomic E-state index is 13.2. The molecule has 5 aromatic rings. The lowest BCUT2D eigenvalue weighted by molar-refractivity contribution is -0.118. The number of nitrogens with zero attached hydrogens (tertiary/aromatic N) is 3. The Bertz CT molecular complexity index is 1530. The fourth-order valence-corrected chi connectivity index (χ4v) is 4.37. The fourth-order valence-electron chi connectivity index (χ4n) is 4.37. The number of hydrogen-bond donors (Lipinski definition) is 1. The lowest BCUT2D eigenvalue weighted by Gasteiger charge is -2.12. The van der Waals surface area contributed by atoms with Gasteiger partial charge in [0.05, 0.1) is 11.9 Å². The number of primary amides is 1. The van der Waals surface area contributed by atoms with Crippen LogP contribution in [0.2, 0.25) is 0 Å². The molecular weight excluding hydrogens is 400 g/mol. The molecule has 2 aromatic heterocycles. The molecule has 0 bridgehead atoms. The lowest BCUT2D eigenvalue weighted by Crippen LogP contribution is -2.24. The van der Waals surface area contributed by atoms with Crippen molar-refractivity contribution < 1.29 is 4.79 Å². The first-order valence-corrected chi connectivity index (χ1v) is 10.4. The molecule has 0 fully saturated rings. The number of nitrogens with two attached hydrogens (primary N) is 1. The van der Waals surface area contributed by atoms with E-state index in [2.05, 4.69) is 0 Å². The first-order chi connectivity index (χ1) is 15.5. The Kier molecular flexibility index (Phi) is 4.82. The molecule has 0 atom stereocenters. The van der Waals surface area contributed by atoms with Crippen molar-refractivity contribution in [3.05, 3.63) is 100 Å². The Balaban J connectivity index is 1.83. The van der Waals surface area contributed by atoms with E-state index in [1.165, 1.54) is 4.68 Å². The second kappa shape index (κ2) is 7.81. The van der Waals surface area contributed by atoms with Gasteiger partial charge in [0, 0.05) is 27.5 Å². The van der Waals surface area contributed by atoms with Gasteiger partial charge >= 0.3 is 0 Å². The van der Waals surface area contributed by atoms with E-state index in [-0.39, 0.29) is 12.1 Å². The minimum atomic E-state index is -0.410. The van der Waals surface area contributed by atoms with Gasteiger partial charge in [-0.05, 0) is 24.6 Å². The minimum Gasteiger partial charge on any atom is -0.368 e. The van der Waals surface area contributed by atoms with E-state index in [0.717, 1.165) is 33.1 Å². The average molecular weight is 422 g/mol. The zero-order valence-electron chi connectivity index (χ0n) is 17.7. The van der Waals surface area contributed by atoms with Crippen LogP contribution in [0.25, 0.3) is 32.9 Å². The van der Waals surface area contributed by atoms with Crippen LogP contribution in [0.5, 0.6) is 0 Å². The molecule has 32 heavy (non-hydrogen) atoms. The van der Waals surface area contributed by atoms with E-state index < -0.39 is 5.91 Å². The van der Waals surface area contributed by atoms with Crippen molar-refractivity contribution in [2.45, 2.75) is 20.0 Å². The molecule has 2 heterocycles. The smallest absolute Gasteiger partial charge is 0.274 e. The summed E-state index contributed by atoms with van der Waals surface area (Å²) in [6.07, 6.45) is 0. The summed E-state index contributed by atoms with van der Waals surface area (Å²) in [4.78, 5) is 25.0. The van der Waals surface area contributed by atoms with Crippen LogP contribution in [0.4, 0.5) is 0 Å². The van der Waals surface area contributed by atoms with Crippen molar-refractivity contribution in [1.82, 2.24) is 14.3 Å². The number of carbonyl (C=O) groups excluding carboxylic acids is 1. The highest BCUT2D eigenvalue weighted by molar-refractivity contribution is 6.05. The summed E-state index contributed by atoms with van der Waals surface area (Å²) < 4.78 is 3.43. The zero-order valence-corrected chi connectivity index (χ0v) is 17.7. The van der Waals surface area contributed by atoms with Crippen molar-refractivity contribution in [3.63, 3.8) is 0 Å². The molecule has 3 aromatic carbocycles. The van der Waals surface area contributed by atoms with Crippen molar-refractivity contribution in [2.24, 2.45) is 5.73 Å². The molecule has 0 unspecified atom stereocenters. The molecule has 0 saturated carbocycles. The van der Waals surface area contributed by atoms with Gasteiger partial charge in [-0.1, -0.05) is 66.7 Å². The first kappa shape index (κ1) is 19.8. The van der Waals surface area contributed by atoms with Gasteiger partial charge in [-0.25, -0.2) is 4.68 Å². The highest BCUT2D eigenvalue weighted by Gasteiger charge is 2.21. The van der Waals surface area contributed by atoms with E-state index >= 15 is 0 Å². The Morgan fingerprint density at radius 1 is 0.875 bits per heavy atom. The van der Waals surface area contributed by atoms with E-state index in [4.69, 9.17) is 10.8 Å². The molecule has 0 aliphatic carbocycles. The summed E-state index contributed by atoms with van der Waals surface area (Å²) in [6, 6.07) is 25.2. The molecule has 0 aliphatic rings. The fraction of sp³-hybridized carbons (Fsp3) is 0.115. The molecule has 2 N–H and O–H groups in total. The largest absolute Gasteiger partial charge is 0.368 e. The number of para-hydroxylation sites is 1. The second-order valence-electron chi connectivity index (χ2n) is 7.87. The Morgan fingerprint density at radius 2 is 1.50 bits per heavy atom. The molecule has 0 spiro atoms. The van der Waals surface area contributed by atoms with Crippen LogP contribution in [-0.2, 0) is 17.9 Å². The molecule has 1 amide bonds. The molecule has 0 saturated heterocycles. The van der Waals surface area contributed by atoms with E-state index in [1.54, 1.807) is 0 Å². The minimum absolute atomic E-state index is 0.0773. The normalized spacial score (nSPS) is 11.3. The standard InChI is InChI=1S/C26H22N4O2/c1-17-24(21-13-7-8-14-22(21)29(17)16-23(27)31)25-19-11-5-6-12-20(19)26(32)30(28-25)15-18-9-3-2-4-10-18/h2-14H,15-16H2,1H3,(H2,27,31). The quantitative estimate of drug-likeness (QED) is 0.467. The third-order valence-corrected chi connectivity index (χ3v) is 5.82. The number of aromatic nitrogens is 3. The second-order valence-corrected chi connectivity index (χ2v) is 7.87. The van der Waals surface area contributed by atoms with Gasteiger partial charge in [0.25, 0.3) is 5.56 Å². The lowest BCUT2D eigenvalue weighted by atomic mass is 10.0. The van der Waals surface area contributed by atoms with Crippen molar-refractivity contribution in [2.75, 3.05) is 0 Å². The first-order valence-electron chi connectivity index (χ1n) is 10.4. The van der Waals surface area contributed by atoms with Crippen molar-refractivity contribution in [3.8, 4) is 11.3 Å². The van der Waals surface area contributed by atoms with Crippen LogP contribution in [0.3, 0.4) is 0 Å². The molecule has 6 nitrogen and oxygen atoms in total. The van der Waals surface area contributed by atoms with Crippen molar-refractivity contribution >= 4 is 27.6 Å². The summed E-state index contributed by atoms with van der Waals surface area (Å²) in [5.74, 6) is -0.410. The van der Waals surface area contributed by atoms with Gasteiger partial charge in [-0.15, -0.1) is 0 Å². The third-order valence-electron chi connectivity index (χ3n) is 5.82. The number of fused-ring (bicyclic) bond motifs is 2. The van der Waals surface area contributed by atoms with Crippen molar-refractivity contribution in [1.29, 1.82) is 0 Å². The predicted molar refractivity (Wildman–Crippen MR) is 126 cm³/mol.